The number of ether oxygens (including phenoxy) is 1. The first kappa shape index (κ1) is 21.5. The molecular formula is C20H21ClFN5O3. The lowest BCUT2D eigenvalue weighted by molar-refractivity contribution is 0.0505. The van der Waals surface area contributed by atoms with Crippen molar-refractivity contribution in [2.24, 2.45) is 0 Å². The van der Waals surface area contributed by atoms with Crippen LogP contribution in [0.25, 0.3) is 10.9 Å². The minimum Gasteiger partial charge on any atom is -0.444 e. The molecule has 0 saturated carbocycles. The van der Waals surface area contributed by atoms with Crippen molar-refractivity contribution in [3.63, 3.8) is 0 Å². The summed E-state index contributed by atoms with van der Waals surface area (Å²) in [5.74, 6) is -0.128. The van der Waals surface area contributed by atoms with Gasteiger partial charge in [-0.1, -0.05) is 17.7 Å². The Labute approximate surface area is 177 Å². The Morgan fingerprint density at radius 1 is 1.27 bits per heavy atom. The smallest absolute Gasteiger partial charge is 0.408 e. The van der Waals surface area contributed by atoms with Crippen molar-refractivity contribution in [1.82, 2.24) is 20.0 Å². The van der Waals surface area contributed by atoms with Gasteiger partial charge in [-0.05, 0) is 52.0 Å². The molecule has 0 unspecified atom stereocenters. The lowest BCUT2D eigenvalue weighted by atomic mass is 10.2. The maximum atomic E-state index is 13.2. The number of halogens is 2. The first-order chi connectivity index (χ1) is 14.0. The fourth-order valence-corrected chi connectivity index (χ4v) is 2.96. The molecule has 2 N–H and O–H groups in total. The highest BCUT2D eigenvalue weighted by Crippen LogP contribution is 2.21. The number of hydrogen-bond donors (Lipinski definition) is 2. The number of aromatic nitrogens is 3. The van der Waals surface area contributed by atoms with Gasteiger partial charge in [0.05, 0.1) is 28.2 Å². The van der Waals surface area contributed by atoms with E-state index in [0.717, 1.165) is 10.9 Å². The van der Waals surface area contributed by atoms with Gasteiger partial charge < -0.3 is 10.1 Å². The zero-order chi connectivity index (χ0) is 22.1. The van der Waals surface area contributed by atoms with E-state index in [9.17, 15) is 14.0 Å². The maximum Gasteiger partial charge on any atom is 0.408 e. The van der Waals surface area contributed by atoms with E-state index in [4.69, 9.17) is 16.3 Å². The van der Waals surface area contributed by atoms with E-state index in [1.54, 1.807) is 45.9 Å². The number of pyridine rings is 1. The molecule has 1 aromatic carbocycles. The van der Waals surface area contributed by atoms with Crippen LogP contribution in [0.5, 0.6) is 0 Å². The highest BCUT2D eigenvalue weighted by atomic mass is 35.5. The summed E-state index contributed by atoms with van der Waals surface area (Å²) < 4.78 is 19.6. The molecule has 0 aliphatic rings. The van der Waals surface area contributed by atoms with Gasteiger partial charge in [-0.3, -0.25) is 10.2 Å². The van der Waals surface area contributed by atoms with Crippen molar-refractivity contribution in [3.8, 4) is 0 Å². The monoisotopic (exact) mass is 433 g/mol. The molecule has 2 heterocycles. The summed E-state index contributed by atoms with van der Waals surface area (Å²) in [4.78, 5) is 33.8. The van der Waals surface area contributed by atoms with Crippen LogP contribution in [0.15, 0.2) is 41.3 Å². The first-order valence-corrected chi connectivity index (χ1v) is 9.52. The number of amides is 1. The molecule has 0 spiro atoms. The van der Waals surface area contributed by atoms with Crippen LogP contribution in [-0.2, 0) is 4.74 Å². The second-order valence-corrected chi connectivity index (χ2v) is 7.99. The molecule has 158 valence electrons. The Balaban J connectivity index is 2.08. The third kappa shape index (κ3) is 4.85. The van der Waals surface area contributed by atoms with Gasteiger partial charge >= 0.3 is 6.09 Å². The van der Waals surface area contributed by atoms with Gasteiger partial charge in [-0.25, -0.2) is 23.8 Å². The third-order valence-corrected chi connectivity index (χ3v) is 4.26. The number of nitrogens with one attached hydrogen (secondary N) is 2. The van der Waals surface area contributed by atoms with Gasteiger partial charge in [-0.2, -0.15) is 0 Å². The van der Waals surface area contributed by atoms with Crippen molar-refractivity contribution < 1.29 is 13.9 Å². The molecule has 0 saturated heterocycles. The predicted octanol–water partition coefficient (Wildman–Crippen LogP) is 4.04. The van der Waals surface area contributed by atoms with Crippen molar-refractivity contribution in [2.45, 2.75) is 39.3 Å². The van der Waals surface area contributed by atoms with Gasteiger partial charge in [0.25, 0.3) is 5.56 Å². The highest BCUT2D eigenvalue weighted by Gasteiger charge is 2.23. The van der Waals surface area contributed by atoms with Crippen LogP contribution in [0.3, 0.4) is 0 Å². The number of rotatable bonds is 4. The number of carbonyl (C=O) groups is 1. The first-order valence-electron chi connectivity index (χ1n) is 9.14. The topological polar surface area (TPSA) is 98.1 Å². The lowest BCUT2D eigenvalue weighted by Gasteiger charge is -2.23. The lowest BCUT2D eigenvalue weighted by Crippen LogP contribution is -2.39. The molecule has 3 rings (SSSR count). The largest absolute Gasteiger partial charge is 0.444 e. The predicted molar refractivity (Wildman–Crippen MR) is 112 cm³/mol. The molecule has 1 amide bonds. The second-order valence-electron chi connectivity index (χ2n) is 7.59. The average Bonchev–Trinajstić information content (AvgIpc) is 2.63. The molecule has 8 nitrogen and oxygen atoms in total. The molecule has 0 radical (unpaired) electrons. The van der Waals surface area contributed by atoms with Crippen molar-refractivity contribution in [2.75, 3.05) is 5.43 Å². The Bertz CT molecular complexity index is 1140. The zero-order valence-electron chi connectivity index (χ0n) is 16.9. The summed E-state index contributed by atoms with van der Waals surface area (Å²) in [5, 5.41) is 3.08. The fourth-order valence-electron chi connectivity index (χ4n) is 2.71. The zero-order valence-corrected chi connectivity index (χ0v) is 17.6. The van der Waals surface area contributed by atoms with E-state index in [1.807, 2.05) is 0 Å². The third-order valence-electron chi connectivity index (χ3n) is 3.95. The minimum absolute atomic E-state index is 0.187. The van der Waals surface area contributed by atoms with E-state index in [2.05, 4.69) is 20.7 Å². The standard InChI is InChI=1S/C20H21ClFN5O3/c1-11(24-19(29)30-20(2,3)4)17-25-14-7-5-6-13(21)16(14)18(28)27(17)26-15-9-8-12(22)10-23-15/h5-11H,1-4H3,(H,23,26)(H,24,29)/t11-/m0/s1. The van der Waals surface area contributed by atoms with Crippen LogP contribution in [0.1, 0.15) is 39.6 Å². The van der Waals surface area contributed by atoms with Crippen molar-refractivity contribution in [1.29, 1.82) is 0 Å². The fraction of sp³-hybridized carbons (Fsp3) is 0.300. The van der Waals surface area contributed by atoms with Crippen molar-refractivity contribution >= 4 is 34.4 Å². The Kier molecular flexibility index (Phi) is 5.93. The number of hydrogen-bond acceptors (Lipinski definition) is 6. The number of anilines is 1. The van der Waals surface area contributed by atoms with Gasteiger partial charge in [0.1, 0.15) is 17.2 Å². The van der Waals surface area contributed by atoms with E-state index < -0.39 is 29.1 Å². The van der Waals surface area contributed by atoms with Crippen molar-refractivity contribution in [3.05, 3.63) is 63.5 Å². The SMILES string of the molecule is C[C@H](NC(=O)OC(C)(C)C)c1nc2cccc(Cl)c2c(=O)n1Nc1ccc(F)cn1. The normalized spacial score (nSPS) is 12.5. The summed E-state index contributed by atoms with van der Waals surface area (Å²) in [6.07, 6.45) is 0.346. The van der Waals surface area contributed by atoms with E-state index in [0.29, 0.717) is 5.52 Å². The van der Waals surface area contributed by atoms with Gasteiger partial charge in [-0.15, -0.1) is 0 Å². The maximum absolute atomic E-state index is 13.2. The minimum atomic E-state index is -0.719. The number of carbonyl (C=O) groups excluding carboxylic acids is 1. The summed E-state index contributed by atoms with van der Waals surface area (Å²) in [6.45, 7) is 6.87. The molecule has 1 atom stereocenters. The summed E-state index contributed by atoms with van der Waals surface area (Å²) in [5.41, 5.74) is 1.98. The number of benzene rings is 1. The molecule has 2 aromatic heterocycles. The van der Waals surface area contributed by atoms with E-state index in [-0.39, 0.29) is 22.1 Å². The molecule has 0 fully saturated rings. The number of nitrogens with zero attached hydrogens (tertiary/aromatic N) is 3. The summed E-state index contributed by atoms with van der Waals surface area (Å²) >= 11 is 6.21. The molecule has 0 aliphatic heterocycles. The summed E-state index contributed by atoms with van der Waals surface area (Å²) in [6, 6.07) is 6.75. The van der Waals surface area contributed by atoms with Gasteiger partial charge in [0, 0.05) is 0 Å². The van der Waals surface area contributed by atoms with Crippen LogP contribution in [-0.4, -0.2) is 26.3 Å². The molecule has 0 bridgehead atoms. The van der Waals surface area contributed by atoms with E-state index >= 15 is 0 Å². The molecular weight excluding hydrogens is 413 g/mol. The molecule has 3 aromatic rings. The molecule has 10 heteroatoms. The quantitative estimate of drug-likeness (QED) is 0.644. The number of fused-ring (bicyclic) bond motifs is 1. The Hall–Kier alpha value is -3.20. The van der Waals surface area contributed by atoms with Gasteiger partial charge in [0.15, 0.2) is 5.82 Å². The average molecular weight is 434 g/mol. The van der Waals surface area contributed by atoms with E-state index in [1.165, 1.54) is 12.1 Å². The van der Waals surface area contributed by atoms with Crippen LogP contribution in [0, 0.1) is 5.82 Å². The number of alkyl carbamates (subject to hydrolysis) is 1. The van der Waals surface area contributed by atoms with Crippen LogP contribution in [0.2, 0.25) is 5.02 Å². The van der Waals surface area contributed by atoms with Crippen LogP contribution >= 0.6 is 11.6 Å². The Morgan fingerprint density at radius 3 is 2.63 bits per heavy atom. The Morgan fingerprint density at radius 2 is 2.00 bits per heavy atom. The summed E-state index contributed by atoms with van der Waals surface area (Å²) in [7, 11) is 0. The molecule has 30 heavy (non-hydrogen) atoms. The van der Waals surface area contributed by atoms with Crippen LogP contribution in [0.4, 0.5) is 15.0 Å². The van der Waals surface area contributed by atoms with Gasteiger partial charge in [0.2, 0.25) is 0 Å². The molecule has 0 aliphatic carbocycles. The highest BCUT2D eigenvalue weighted by molar-refractivity contribution is 6.35. The van der Waals surface area contributed by atoms with Crippen LogP contribution < -0.4 is 16.3 Å². The second kappa shape index (κ2) is 8.27.